The molecule has 1 aromatic rings. The summed E-state index contributed by atoms with van der Waals surface area (Å²) in [5, 5.41) is 0.292. The summed E-state index contributed by atoms with van der Waals surface area (Å²) >= 11 is 5.89. The molecule has 0 bridgehead atoms. The number of hydrogen-bond acceptors (Lipinski definition) is 2. The molecule has 4 N–H and O–H groups in total. The van der Waals surface area contributed by atoms with Gasteiger partial charge in [0.1, 0.15) is 5.82 Å². The van der Waals surface area contributed by atoms with Crippen LogP contribution in [0, 0.1) is 5.82 Å². The van der Waals surface area contributed by atoms with Gasteiger partial charge < -0.3 is 11.5 Å². The van der Waals surface area contributed by atoms with E-state index in [9.17, 15) is 4.39 Å². The standard InChI is InChI=1S/C9H10ClFN2/c10-8-7-4(1-2-6(7)12)3-5(11)9(8)13/h3,6H,1-2,12-13H2/t6-/m1/s1. The molecule has 1 aliphatic carbocycles. The van der Waals surface area contributed by atoms with Crippen LogP contribution in [0.3, 0.4) is 0 Å². The maximum Gasteiger partial charge on any atom is 0.147 e. The first-order chi connectivity index (χ1) is 6.11. The van der Waals surface area contributed by atoms with Gasteiger partial charge in [-0.25, -0.2) is 4.39 Å². The summed E-state index contributed by atoms with van der Waals surface area (Å²) < 4.78 is 13.1. The Morgan fingerprint density at radius 1 is 1.54 bits per heavy atom. The molecule has 4 heteroatoms. The molecule has 70 valence electrons. The van der Waals surface area contributed by atoms with Gasteiger partial charge in [0, 0.05) is 6.04 Å². The number of benzene rings is 1. The quantitative estimate of drug-likeness (QED) is 0.630. The van der Waals surface area contributed by atoms with Crippen LogP contribution in [-0.2, 0) is 6.42 Å². The van der Waals surface area contributed by atoms with Crippen LogP contribution in [-0.4, -0.2) is 0 Å². The highest BCUT2D eigenvalue weighted by Gasteiger charge is 2.24. The fraction of sp³-hybridized carbons (Fsp3) is 0.333. The summed E-state index contributed by atoms with van der Waals surface area (Å²) in [4.78, 5) is 0. The number of nitrogen functional groups attached to an aromatic ring is 1. The molecule has 0 spiro atoms. The monoisotopic (exact) mass is 200 g/mol. The van der Waals surface area contributed by atoms with Crippen LogP contribution in [0.1, 0.15) is 23.6 Å². The van der Waals surface area contributed by atoms with Gasteiger partial charge in [-0.15, -0.1) is 0 Å². The molecule has 0 saturated heterocycles. The number of anilines is 1. The first-order valence-electron chi connectivity index (χ1n) is 4.13. The number of hydrogen-bond donors (Lipinski definition) is 2. The second kappa shape index (κ2) is 2.86. The van der Waals surface area contributed by atoms with Gasteiger partial charge in [-0.05, 0) is 30.0 Å². The average molecular weight is 201 g/mol. The van der Waals surface area contributed by atoms with Crippen molar-refractivity contribution in [2.45, 2.75) is 18.9 Å². The lowest BCUT2D eigenvalue weighted by Gasteiger charge is -2.10. The maximum absolute atomic E-state index is 13.1. The van der Waals surface area contributed by atoms with Gasteiger partial charge >= 0.3 is 0 Å². The largest absolute Gasteiger partial charge is 0.395 e. The Morgan fingerprint density at radius 2 is 2.23 bits per heavy atom. The summed E-state index contributed by atoms with van der Waals surface area (Å²) in [6, 6.07) is 1.34. The predicted molar refractivity (Wildman–Crippen MR) is 51.1 cm³/mol. The van der Waals surface area contributed by atoms with Crippen molar-refractivity contribution in [2.75, 3.05) is 5.73 Å². The Labute approximate surface area is 80.7 Å². The minimum atomic E-state index is -0.446. The van der Waals surface area contributed by atoms with Crippen LogP contribution < -0.4 is 11.5 Å². The minimum Gasteiger partial charge on any atom is -0.395 e. The molecule has 1 atom stereocenters. The summed E-state index contributed by atoms with van der Waals surface area (Å²) in [7, 11) is 0. The van der Waals surface area contributed by atoms with Crippen molar-refractivity contribution in [1.29, 1.82) is 0 Å². The number of aryl methyl sites for hydroxylation is 1. The molecule has 13 heavy (non-hydrogen) atoms. The SMILES string of the molecule is Nc1c(F)cc2c(c1Cl)[C@H](N)CC2. The molecular formula is C9H10ClFN2. The lowest BCUT2D eigenvalue weighted by atomic mass is 10.1. The topological polar surface area (TPSA) is 52.0 Å². The Hall–Kier alpha value is -0.800. The third-order valence-corrected chi connectivity index (χ3v) is 2.88. The lowest BCUT2D eigenvalue weighted by Crippen LogP contribution is -2.07. The van der Waals surface area contributed by atoms with Crippen molar-refractivity contribution < 1.29 is 4.39 Å². The van der Waals surface area contributed by atoms with Gasteiger partial charge in [-0.1, -0.05) is 11.6 Å². The molecule has 0 fully saturated rings. The molecule has 2 nitrogen and oxygen atoms in total. The van der Waals surface area contributed by atoms with Gasteiger partial charge in [0.25, 0.3) is 0 Å². The van der Waals surface area contributed by atoms with Gasteiger partial charge in [-0.2, -0.15) is 0 Å². The summed E-state index contributed by atoms with van der Waals surface area (Å²) in [6.45, 7) is 0. The molecule has 0 radical (unpaired) electrons. The number of fused-ring (bicyclic) bond motifs is 1. The van der Waals surface area contributed by atoms with Crippen LogP contribution in [0.2, 0.25) is 5.02 Å². The van der Waals surface area contributed by atoms with Crippen molar-refractivity contribution in [3.63, 3.8) is 0 Å². The zero-order valence-corrected chi connectivity index (χ0v) is 7.74. The van der Waals surface area contributed by atoms with Gasteiger partial charge in [0.2, 0.25) is 0 Å². The molecule has 0 heterocycles. The van der Waals surface area contributed by atoms with Crippen molar-refractivity contribution in [3.8, 4) is 0 Å². The smallest absolute Gasteiger partial charge is 0.147 e. The molecule has 1 aromatic carbocycles. The van der Waals surface area contributed by atoms with E-state index in [0.29, 0.717) is 5.02 Å². The molecule has 0 saturated carbocycles. The molecule has 1 aliphatic rings. The minimum absolute atomic E-state index is 0.0118. The Kier molecular flexibility index (Phi) is 1.93. The molecular weight excluding hydrogens is 191 g/mol. The highest BCUT2D eigenvalue weighted by atomic mass is 35.5. The molecule has 0 amide bonds. The Morgan fingerprint density at radius 3 is 2.92 bits per heavy atom. The van der Waals surface area contributed by atoms with E-state index < -0.39 is 5.82 Å². The third-order valence-electron chi connectivity index (χ3n) is 2.47. The zero-order valence-electron chi connectivity index (χ0n) is 6.98. The Bertz CT molecular complexity index is 365. The number of rotatable bonds is 0. The predicted octanol–water partition coefficient (Wildman–Crippen LogP) is 2.01. The lowest BCUT2D eigenvalue weighted by molar-refractivity contribution is 0.630. The van der Waals surface area contributed by atoms with Crippen LogP contribution >= 0.6 is 11.6 Å². The maximum atomic E-state index is 13.1. The highest BCUT2D eigenvalue weighted by molar-refractivity contribution is 6.34. The van der Waals surface area contributed by atoms with E-state index in [2.05, 4.69) is 0 Å². The van der Waals surface area contributed by atoms with Crippen LogP contribution in [0.4, 0.5) is 10.1 Å². The fourth-order valence-corrected chi connectivity index (χ4v) is 2.11. The van der Waals surface area contributed by atoms with Crippen molar-refractivity contribution in [1.82, 2.24) is 0 Å². The normalized spacial score (nSPS) is 20.4. The average Bonchev–Trinajstić information content (AvgIpc) is 2.43. The van der Waals surface area contributed by atoms with E-state index in [1.54, 1.807) is 0 Å². The van der Waals surface area contributed by atoms with Crippen LogP contribution in [0.5, 0.6) is 0 Å². The molecule has 2 rings (SSSR count). The van der Waals surface area contributed by atoms with E-state index in [4.69, 9.17) is 23.1 Å². The summed E-state index contributed by atoms with van der Waals surface area (Å²) in [6.07, 6.45) is 1.60. The summed E-state index contributed by atoms with van der Waals surface area (Å²) in [5.41, 5.74) is 13.0. The van der Waals surface area contributed by atoms with E-state index in [0.717, 1.165) is 24.0 Å². The molecule has 0 unspecified atom stereocenters. The first kappa shape index (κ1) is 8.78. The van der Waals surface area contributed by atoms with Crippen LogP contribution in [0.25, 0.3) is 0 Å². The Balaban J connectivity index is 2.68. The van der Waals surface area contributed by atoms with Gasteiger partial charge in [-0.3, -0.25) is 0 Å². The van der Waals surface area contributed by atoms with Gasteiger partial charge in [0.05, 0.1) is 10.7 Å². The van der Waals surface area contributed by atoms with E-state index in [1.165, 1.54) is 6.07 Å². The van der Waals surface area contributed by atoms with Crippen molar-refractivity contribution >= 4 is 17.3 Å². The van der Waals surface area contributed by atoms with E-state index in [-0.39, 0.29) is 11.7 Å². The first-order valence-corrected chi connectivity index (χ1v) is 4.51. The number of nitrogens with two attached hydrogens (primary N) is 2. The summed E-state index contributed by atoms with van der Waals surface area (Å²) in [5.74, 6) is -0.446. The van der Waals surface area contributed by atoms with Crippen molar-refractivity contribution in [3.05, 3.63) is 28.0 Å². The van der Waals surface area contributed by atoms with Crippen molar-refractivity contribution in [2.24, 2.45) is 5.73 Å². The molecule has 0 aromatic heterocycles. The van der Waals surface area contributed by atoms with Gasteiger partial charge in [0.15, 0.2) is 0 Å². The fourth-order valence-electron chi connectivity index (χ4n) is 1.76. The zero-order chi connectivity index (χ0) is 9.59. The second-order valence-electron chi connectivity index (χ2n) is 3.30. The van der Waals surface area contributed by atoms with E-state index >= 15 is 0 Å². The van der Waals surface area contributed by atoms with Crippen LogP contribution in [0.15, 0.2) is 6.07 Å². The highest BCUT2D eigenvalue weighted by Crippen LogP contribution is 2.39. The molecule has 0 aliphatic heterocycles. The number of halogens is 2. The second-order valence-corrected chi connectivity index (χ2v) is 3.68. The third kappa shape index (κ3) is 1.19. The van der Waals surface area contributed by atoms with E-state index in [1.807, 2.05) is 0 Å².